The molecule has 3 rings (SSSR count). The quantitative estimate of drug-likeness (QED) is 0.908. The Hall–Kier alpha value is -0.770. The van der Waals surface area contributed by atoms with Gasteiger partial charge in [0.1, 0.15) is 0 Å². The number of hydrogen-bond acceptors (Lipinski definition) is 3. The lowest BCUT2D eigenvalue weighted by molar-refractivity contribution is 0.246. The van der Waals surface area contributed by atoms with Crippen molar-refractivity contribution < 1.29 is 5.11 Å². The third-order valence-electron chi connectivity index (χ3n) is 3.97. The number of hydrogen-bond donors (Lipinski definition) is 1. The molecule has 3 nitrogen and oxygen atoms in total. The fourth-order valence-corrected chi connectivity index (χ4v) is 3.00. The Morgan fingerprint density at radius 2 is 1.89 bits per heavy atom. The van der Waals surface area contributed by atoms with Crippen molar-refractivity contribution in [2.75, 3.05) is 31.1 Å². The van der Waals surface area contributed by atoms with Crippen LogP contribution < -0.4 is 4.90 Å². The second-order valence-corrected chi connectivity index (χ2v) is 5.56. The van der Waals surface area contributed by atoms with Gasteiger partial charge in [0.05, 0.1) is 6.61 Å². The van der Waals surface area contributed by atoms with Crippen LogP contribution in [0.1, 0.15) is 18.4 Å². The Morgan fingerprint density at radius 1 is 1.17 bits per heavy atom. The maximum absolute atomic E-state index is 9.46. The molecule has 1 heterocycles. The summed E-state index contributed by atoms with van der Waals surface area (Å²) in [6, 6.07) is 6.72. The number of nitrogens with zero attached hydrogens (tertiary/aromatic N) is 2. The lowest BCUT2D eigenvalue weighted by Crippen LogP contribution is -2.47. The van der Waals surface area contributed by atoms with E-state index in [1.54, 1.807) is 0 Å². The molecule has 0 radical (unpaired) electrons. The summed E-state index contributed by atoms with van der Waals surface area (Å²) < 4.78 is 0. The predicted octanol–water partition coefficient (Wildman–Crippen LogP) is 2.12. The highest BCUT2D eigenvalue weighted by molar-refractivity contribution is 6.31. The lowest BCUT2D eigenvalue weighted by atomic mass is 10.1. The highest BCUT2D eigenvalue weighted by Crippen LogP contribution is 2.31. The van der Waals surface area contributed by atoms with Crippen LogP contribution in [0.4, 0.5) is 5.69 Å². The summed E-state index contributed by atoms with van der Waals surface area (Å²) in [6.07, 6.45) is 2.75. The SMILES string of the molecule is OCc1c(Cl)cccc1N1CCN(C2CC2)CC1. The molecule has 98 valence electrons. The Morgan fingerprint density at radius 3 is 2.50 bits per heavy atom. The summed E-state index contributed by atoms with van der Waals surface area (Å²) in [7, 11) is 0. The number of anilines is 1. The van der Waals surface area contributed by atoms with E-state index in [0.717, 1.165) is 43.5 Å². The smallest absolute Gasteiger partial charge is 0.0716 e. The minimum absolute atomic E-state index is 0.0118. The summed E-state index contributed by atoms with van der Waals surface area (Å²) in [5, 5.41) is 10.1. The maximum Gasteiger partial charge on any atom is 0.0716 e. The van der Waals surface area contributed by atoms with E-state index in [9.17, 15) is 5.11 Å². The molecule has 0 unspecified atom stereocenters. The van der Waals surface area contributed by atoms with Crippen LogP contribution in [-0.4, -0.2) is 42.2 Å². The average Bonchev–Trinajstić information content (AvgIpc) is 3.23. The van der Waals surface area contributed by atoms with Crippen molar-refractivity contribution in [1.29, 1.82) is 0 Å². The van der Waals surface area contributed by atoms with Crippen molar-refractivity contribution in [1.82, 2.24) is 4.90 Å². The molecule has 2 fully saturated rings. The van der Waals surface area contributed by atoms with Crippen LogP contribution in [0.15, 0.2) is 18.2 Å². The van der Waals surface area contributed by atoms with Gasteiger partial charge in [0, 0.05) is 48.5 Å². The molecule has 0 spiro atoms. The highest BCUT2D eigenvalue weighted by Gasteiger charge is 2.31. The number of halogens is 1. The van der Waals surface area contributed by atoms with Crippen molar-refractivity contribution in [3.8, 4) is 0 Å². The van der Waals surface area contributed by atoms with Crippen LogP contribution in [0.5, 0.6) is 0 Å². The number of benzene rings is 1. The first kappa shape index (κ1) is 12.3. The largest absolute Gasteiger partial charge is 0.392 e. The molecular formula is C14H19ClN2O. The summed E-state index contributed by atoms with van der Waals surface area (Å²) in [5.41, 5.74) is 1.96. The van der Waals surface area contributed by atoms with E-state index in [4.69, 9.17) is 11.6 Å². The summed E-state index contributed by atoms with van der Waals surface area (Å²) in [5.74, 6) is 0. The Kier molecular flexibility index (Phi) is 3.46. The van der Waals surface area contributed by atoms with Crippen LogP contribution >= 0.6 is 11.6 Å². The van der Waals surface area contributed by atoms with Crippen LogP contribution in [0.25, 0.3) is 0 Å². The van der Waals surface area contributed by atoms with E-state index in [1.165, 1.54) is 12.8 Å². The minimum atomic E-state index is 0.0118. The molecule has 2 aliphatic rings. The number of piperazine rings is 1. The zero-order chi connectivity index (χ0) is 12.5. The Labute approximate surface area is 113 Å². The Balaban J connectivity index is 1.73. The first-order chi connectivity index (χ1) is 8.79. The summed E-state index contributed by atoms with van der Waals surface area (Å²) >= 11 is 6.14. The summed E-state index contributed by atoms with van der Waals surface area (Å²) in [4.78, 5) is 4.93. The van der Waals surface area contributed by atoms with E-state index in [2.05, 4.69) is 15.9 Å². The van der Waals surface area contributed by atoms with Crippen molar-refractivity contribution in [2.24, 2.45) is 0 Å². The number of aliphatic hydroxyl groups is 1. The first-order valence-corrected chi connectivity index (χ1v) is 7.04. The van der Waals surface area contributed by atoms with E-state index >= 15 is 0 Å². The molecule has 0 aromatic heterocycles. The molecular weight excluding hydrogens is 248 g/mol. The van der Waals surface area contributed by atoms with Gasteiger partial charge in [-0.3, -0.25) is 4.90 Å². The highest BCUT2D eigenvalue weighted by atomic mass is 35.5. The van der Waals surface area contributed by atoms with Crippen molar-refractivity contribution in [3.05, 3.63) is 28.8 Å². The maximum atomic E-state index is 9.46. The first-order valence-electron chi connectivity index (χ1n) is 6.67. The van der Waals surface area contributed by atoms with Crippen molar-refractivity contribution in [3.63, 3.8) is 0 Å². The van der Waals surface area contributed by atoms with E-state index in [-0.39, 0.29) is 6.61 Å². The van der Waals surface area contributed by atoms with Gasteiger partial charge in [0.25, 0.3) is 0 Å². The zero-order valence-electron chi connectivity index (χ0n) is 10.5. The van der Waals surface area contributed by atoms with Gasteiger partial charge in [-0.2, -0.15) is 0 Å². The molecule has 1 aliphatic carbocycles. The van der Waals surface area contributed by atoms with E-state index in [0.29, 0.717) is 5.02 Å². The van der Waals surface area contributed by atoms with Crippen LogP contribution in [0.3, 0.4) is 0 Å². The van der Waals surface area contributed by atoms with Gasteiger partial charge in [-0.25, -0.2) is 0 Å². The van der Waals surface area contributed by atoms with E-state index < -0.39 is 0 Å². The fourth-order valence-electron chi connectivity index (χ4n) is 2.77. The zero-order valence-corrected chi connectivity index (χ0v) is 11.2. The van der Waals surface area contributed by atoms with Gasteiger partial charge < -0.3 is 10.0 Å². The van der Waals surface area contributed by atoms with Gasteiger partial charge in [-0.1, -0.05) is 17.7 Å². The van der Waals surface area contributed by atoms with Crippen molar-refractivity contribution in [2.45, 2.75) is 25.5 Å². The Bertz CT molecular complexity index is 426. The molecule has 0 amide bonds. The van der Waals surface area contributed by atoms with Crippen LogP contribution in [0, 0.1) is 0 Å². The molecule has 4 heteroatoms. The topological polar surface area (TPSA) is 26.7 Å². The monoisotopic (exact) mass is 266 g/mol. The van der Waals surface area contributed by atoms with Crippen molar-refractivity contribution >= 4 is 17.3 Å². The molecule has 1 saturated heterocycles. The second kappa shape index (κ2) is 5.08. The molecule has 0 bridgehead atoms. The summed E-state index contributed by atoms with van der Waals surface area (Å²) in [6.45, 7) is 4.33. The third kappa shape index (κ3) is 2.35. The molecule has 1 aromatic rings. The fraction of sp³-hybridized carbons (Fsp3) is 0.571. The standard InChI is InChI=1S/C14H19ClN2O/c15-13-2-1-3-14(12(13)10-18)17-8-6-16(7-9-17)11-4-5-11/h1-3,11,18H,4-10H2. The molecule has 1 saturated carbocycles. The lowest BCUT2D eigenvalue weighted by Gasteiger charge is -2.37. The van der Waals surface area contributed by atoms with Gasteiger partial charge >= 0.3 is 0 Å². The van der Waals surface area contributed by atoms with Gasteiger partial charge in [-0.15, -0.1) is 0 Å². The normalized spacial score (nSPS) is 21.3. The minimum Gasteiger partial charge on any atom is -0.392 e. The number of rotatable bonds is 3. The van der Waals surface area contributed by atoms with E-state index in [1.807, 2.05) is 12.1 Å². The van der Waals surface area contributed by atoms with Gasteiger partial charge in [0.15, 0.2) is 0 Å². The molecule has 1 N–H and O–H groups in total. The molecule has 1 aromatic carbocycles. The van der Waals surface area contributed by atoms with Gasteiger partial charge in [0.2, 0.25) is 0 Å². The molecule has 0 atom stereocenters. The number of aliphatic hydroxyl groups excluding tert-OH is 1. The third-order valence-corrected chi connectivity index (χ3v) is 4.32. The van der Waals surface area contributed by atoms with Crippen LogP contribution in [-0.2, 0) is 6.61 Å². The molecule has 1 aliphatic heterocycles. The average molecular weight is 267 g/mol. The second-order valence-electron chi connectivity index (χ2n) is 5.15. The van der Waals surface area contributed by atoms with Crippen LogP contribution in [0.2, 0.25) is 5.02 Å². The molecule has 18 heavy (non-hydrogen) atoms. The van der Waals surface area contributed by atoms with Gasteiger partial charge in [-0.05, 0) is 25.0 Å². The predicted molar refractivity (Wildman–Crippen MR) is 74.2 cm³/mol.